The number of hydrogen-bond donors (Lipinski definition) is 1. The van der Waals surface area contributed by atoms with Crippen LogP contribution in [0.5, 0.6) is 0 Å². The summed E-state index contributed by atoms with van der Waals surface area (Å²) in [6.45, 7) is 3.89. The van der Waals surface area contributed by atoms with Gasteiger partial charge in [-0.15, -0.1) is 12.4 Å². The first-order valence-electron chi connectivity index (χ1n) is 14.2. The van der Waals surface area contributed by atoms with Gasteiger partial charge < -0.3 is 14.7 Å². The van der Waals surface area contributed by atoms with Crippen LogP contribution in [-0.4, -0.2) is 47.1 Å². The van der Waals surface area contributed by atoms with Crippen molar-refractivity contribution >= 4 is 35.0 Å². The number of aliphatic hydroxyl groups is 1. The van der Waals surface area contributed by atoms with E-state index in [0.717, 1.165) is 41.3 Å². The normalized spacial score (nSPS) is 20.2. The number of benzene rings is 4. The lowest BCUT2D eigenvalue weighted by Crippen LogP contribution is -2.60. The fraction of sp³-hybridized carbons (Fsp3) is 0.324. The second-order valence-corrected chi connectivity index (χ2v) is 11.4. The van der Waals surface area contributed by atoms with Gasteiger partial charge in [-0.3, -0.25) is 0 Å². The van der Waals surface area contributed by atoms with Crippen LogP contribution in [-0.2, 0) is 4.74 Å². The van der Waals surface area contributed by atoms with E-state index >= 15 is 0 Å². The molecule has 2 heterocycles. The molecule has 0 aliphatic carbocycles. The van der Waals surface area contributed by atoms with Gasteiger partial charge in [-0.2, -0.15) is 0 Å². The fourth-order valence-electron chi connectivity index (χ4n) is 6.58. The number of fused-ring (bicyclic) bond motifs is 1. The number of anilines is 1. The molecular weight excluding hydrogens is 558 g/mol. The summed E-state index contributed by atoms with van der Waals surface area (Å²) in [6, 6.07) is 26.6. The van der Waals surface area contributed by atoms with E-state index in [0.29, 0.717) is 31.6 Å². The van der Waals surface area contributed by atoms with Crippen LogP contribution < -0.4 is 4.90 Å². The second-order valence-electron chi connectivity index (χ2n) is 11.4. The standard InChI is InChI=1S/C34H34F2N2O3.ClH/c1-33(40)34(41-32(39)38(33)31-10-4-7-24-6-2-3-8-30(24)31)19-22-37(23-20-34)21-5-9-29(25-11-15-27(35)16-12-25)26-13-17-28(36)18-14-26;/h2-4,6-8,10-18,29,40H,5,9,19-23H2,1H3;1H. The molecule has 1 amide bonds. The molecule has 6 rings (SSSR count). The summed E-state index contributed by atoms with van der Waals surface area (Å²) in [5.74, 6) is -0.536. The van der Waals surface area contributed by atoms with Crippen LogP contribution in [0, 0.1) is 11.6 Å². The molecule has 2 fully saturated rings. The van der Waals surface area contributed by atoms with Crippen LogP contribution in [0.1, 0.15) is 49.7 Å². The maximum absolute atomic E-state index is 13.6. The van der Waals surface area contributed by atoms with Gasteiger partial charge in [0, 0.05) is 37.2 Å². The summed E-state index contributed by atoms with van der Waals surface area (Å²) in [6.07, 6.45) is 2.21. The van der Waals surface area contributed by atoms with Crippen LogP contribution in [0.15, 0.2) is 91.0 Å². The van der Waals surface area contributed by atoms with E-state index in [1.54, 1.807) is 31.2 Å². The molecule has 2 saturated heterocycles. The van der Waals surface area contributed by atoms with Crippen molar-refractivity contribution in [1.82, 2.24) is 4.90 Å². The molecule has 1 atom stereocenters. The molecule has 2 aliphatic rings. The lowest BCUT2D eigenvalue weighted by atomic mass is 9.81. The third-order valence-corrected chi connectivity index (χ3v) is 8.95. The van der Waals surface area contributed by atoms with Crippen LogP contribution in [0.4, 0.5) is 19.3 Å². The number of carbonyl (C=O) groups is 1. The number of piperidine rings is 1. The molecule has 0 radical (unpaired) electrons. The number of halogens is 3. The Labute approximate surface area is 251 Å². The zero-order valence-electron chi connectivity index (χ0n) is 23.5. The van der Waals surface area contributed by atoms with Gasteiger partial charge in [0.15, 0.2) is 11.3 Å². The average Bonchev–Trinajstić information content (AvgIpc) is 3.16. The largest absolute Gasteiger partial charge is 0.437 e. The van der Waals surface area contributed by atoms with Gasteiger partial charge in [-0.25, -0.2) is 18.5 Å². The zero-order chi connectivity index (χ0) is 28.6. The molecule has 1 N–H and O–H groups in total. The number of likely N-dealkylation sites (tertiary alicyclic amines) is 1. The Balaban J connectivity index is 0.00000353. The monoisotopic (exact) mass is 592 g/mol. The minimum absolute atomic E-state index is 0. The predicted octanol–water partition coefficient (Wildman–Crippen LogP) is 7.65. The summed E-state index contributed by atoms with van der Waals surface area (Å²) in [7, 11) is 0. The summed E-state index contributed by atoms with van der Waals surface area (Å²) in [5, 5.41) is 13.7. The van der Waals surface area contributed by atoms with Crippen LogP contribution in [0.3, 0.4) is 0 Å². The molecule has 1 spiro atoms. The van der Waals surface area contributed by atoms with Crippen molar-refractivity contribution < 1.29 is 23.4 Å². The molecule has 1 unspecified atom stereocenters. The number of rotatable bonds is 7. The quantitative estimate of drug-likeness (QED) is 0.239. The Morgan fingerprint density at radius 3 is 2.05 bits per heavy atom. The Bertz CT molecular complexity index is 1490. The van der Waals surface area contributed by atoms with Gasteiger partial charge in [0.05, 0.1) is 5.69 Å². The maximum atomic E-state index is 13.6. The summed E-state index contributed by atoms with van der Waals surface area (Å²) >= 11 is 0. The molecule has 220 valence electrons. The van der Waals surface area contributed by atoms with Crippen molar-refractivity contribution in [2.24, 2.45) is 0 Å². The van der Waals surface area contributed by atoms with Gasteiger partial charge in [0.2, 0.25) is 0 Å². The highest BCUT2D eigenvalue weighted by Gasteiger charge is 2.63. The van der Waals surface area contributed by atoms with Gasteiger partial charge in [0.1, 0.15) is 11.6 Å². The van der Waals surface area contributed by atoms with Crippen molar-refractivity contribution in [3.63, 3.8) is 0 Å². The van der Waals surface area contributed by atoms with Crippen molar-refractivity contribution in [3.8, 4) is 0 Å². The highest BCUT2D eigenvalue weighted by atomic mass is 35.5. The first-order chi connectivity index (χ1) is 19.8. The predicted molar refractivity (Wildman–Crippen MR) is 163 cm³/mol. The SMILES string of the molecule is CC1(O)N(c2cccc3ccccc23)C(=O)OC12CCN(CCCC(c1ccc(F)cc1)c1ccc(F)cc1)CC2.Cl. The lowest BCUT2D eigenvalue weighted by molar-refractivity contribution is -0.125. The molecule has 42 heavy (non-hydrogen) atoms. The summed E-state index contributed by atoms with van der Waals surface area (Å²) < 4.78 is 33.2. The Morgan fingerprint density at radius 1 is 0.857 bits per heavy atom. The highest BCUT2D eigenvalue weighted by Crippen LogP contribution is 2.48. The molecule has 0 saturated carbocycles. The summed E-state index contributed by atoms with van der Waals surface area (Å²) in [4.78, 5) is 17.0. The van der Waals surface area contributed by atoms with Crippen LogP contribution >= 0.6 is 12.4 Å². The Morgan fingerprint density at radius 2 is 1.43 bits per heavy atom. The maximum Gasteiger partial charge on any atom is 0.417 e. The minimum atomic E-state index is -1.50. The van der Waals surface area contributed by atoms with E-state index in [2.05, 4.69) is 4.90 Å². The number of amides is 1. The number of carbonyl (C=O) groups excluding carboxylic acids is 1. The lowest BCUT2D eigenvalue weighted by Gasteiger charge is -2.45. The molecule has 8 heteroatoms. The molecule has 4 aromatic rings. The molecule has 5 nitrogen and oxygen atoms in total. The van der Waals surface area contributed by atoms with Gasteiger partial charge in [-0.1, -0.05) is 60.7 Å². The Hall–Kier alpha value is -3.52. The second kappa shape index (κ2) is 12.0. The van der Waals surface area contributed by atoms with Crippen molar-refractivity contribution in [3.05, 3.63) is 114 Å². The minimum Gasteiger partial charge on any atom is -0.437 e. The van der Waals surface area contributed by atoms with Gasteiger partial charge in [-0.05, 0) is 73.2 Å². The van der Waals surface area contributed by atoms with Crippen molar-refractivity contribution in [2.75, 3.05) is 24.5 Å². The van der Waals surface area contributed by atoms with Crippen LogP contribution in [0.2, 0.25) is 0 Å². The number of nitrogens with zero attached hydrogens (tertiary/aromatic N) is 2. The van der Waals surface area contributed by atoms with E-state index in [-0.39, 0.29) is 30.0 Å². The first kappa shape index (κ1) is 30.0. The zero-order valence-corrected chi connectivity index (χ0v) is 24.3. The Kier molecular flexibility index (Phi) is 8.56. The van der Waals surface area contributed by atoms with E-state index in [1.807, 2.05) is 42.5 Å². The fourth-order valence-corrected chi connectivity index (χ4v) is 6.58. The summed E-state index contributed by atoms with van der Waals surface area (Å²) in [5.41, 5.74) is 0.139. The van der Waals surface area contributed by atoms with Crippen molar-refractivity contribution in [1.29, 1.82) is 0 Å². The third kappa shape index (κ3) is 5.49. The van der Waals surface area contributed by atoms with Crippen molar-refractivity contribution in [2.45, 2.75) is 49.9 Å². The highest BCUT2D eigenvalue weighted by molar-refractivity contribution is 6.03. The molecular formula is C34H35ClF2N2O3. The molecule has 0 bridgehead atoms. The smallest absolute Gasteiger partial charge is 0.417 e. The number of hydrogen-bond acceptors (Lipinski definition) is 4. The molecule has 4 aromatic carbocycles. The third-order valence-electron chi connectivity index (χ3n) is 8.95. The molecule has 2 aliphatic heterocycles. The topological polar surface area (TPSA) is 53.0 Å². The molecule has 0 aromatic heterocycles. The van der Waals surface area contributed by atoms with Gasteiger partial charge >= 0.3 is 6.09 Å². The van der Waals surface area contributed by atoms with E-state index < -0.39 is 17.4 Å². The van der Waals surface area contributed by atoms with Gasteiger partial charge in [0.25, 0.3) is 0 Å². The van der Waals surface area contributed by atoms with Crippen LogP contribution in [0.25, 0.3) is 10.8 Å². The van der Waals surface area contributed by atoms with E-state index in [9.17, 15) is 18.7 Å². The van der Waals surface area contributed by atoms with E-state index in [4.69, 9.17) is 4.74 Å². The first-order valence-corrected chi connectivity index (χ1v) is 14.2. The number of ether oxygens (including phenoxy) is 1. The average molecular weight is 593 g/mol. The van der Waals surface area contributed by atoms with E-state index in [1.165, 1.54) is 29.2 Å².